The summed E-state index contributed by atoms with van der Waals surface area (Å²) in [6.07, 6.45) is 0.765. The van der Waals surface area contributed by atoms with Crippen molar-refractivity contribution in [3.63, 3.8) is 0 Å². The van der Waals surface area contributed by atoms with Crippen molar-refractivity contribution in [1.29, 1.82) is 0 Å². The number of carboxylic acid groups (broad SMARTS) is 1. The Bertz CT molecular complexity index is 982. The largest absolute Gasteiger partial charge is 0.480 e. The van der Waals surface area contributed by atoms with Gasteiger partial charge in [0.15, 0.2) is 11.2 Å². The first-order chi connectivity index (χ1) is 12.8. The van der Waals surface area contributed by atoms with Crippen LogP contribution in [0.1, 0.15) is 39.3 Å². The zero-order chi connectivity index (χ0) is 19.9. The Hall–Kier alpha value is -2.62. The van der Waals surface area contributed by atoms with Gasteiger partial charge in [-0.2, -0.15) is 4.98 Å². The van der Waals surface area contributed by atoms with Crippen LogP contribution in [0, 0.1) is 0 Å². The van der Waals surface area contributed by atoms with Gasteiger partial charge in [0.05, 0.1) is 0 Å². The van der Waals surface area contributed by atoms with E-state index in [1.807, 2.05) is 18.4 Å². The maximum atomic E-state index is 12.9. The van der Waals surface area contributed by atoms with Crippen LogP contribution in [0.3, 0.4) is 0 Å². The van der Waals surface area contributed by atoms with Gasteiger partial charge in [0, 0.05) is 39.3 Å². The lowest BCUT2D eigenvalue weighted by molar-refractivity contribution is -0.140. The van der Waals surface area contributed by atoms with E-state index in [2.05, 4.69) is 15.2 Å². The van der Waals surface area contributed by atoms with Gasteiger partial charge in [-0.3, -0.25) is 13.9 Å². The van der Waals surface area contributed by atoms with E-state index in [1.165, 1.54) is 14.0 Å². The number of imidazole rings is 1. The van der Waals surface area contributed by atoms with Crippen molar-refractivity contribution in [1.82, 2.24) is 24.0 Å². The number of aromatic nitrogens is 4. The number of aliphatic carboxylic acids is 1. The van der Waals surface area contributed by atoms with Crippen molar-refractivity contribution in [2.75, 3.05) is 31.1 Å². The van der Waals surface area contributed by atoms with Gasteiger partial charge in [0.25, 0.3) is 5.56 Å². The number of piperazine rings is 1. The molecule has 10 nitrogen and oxygen atoms in total. The third-order valence-electron chi connectivity index (χ3n) is 5.28. The highest BCUT2D eigenvalue weighted by Crippen LogP contribution is 2.27. The number of rotatable bonds is 5. The second-order valence-electron chi connectivity index (χ2n) is 6.98. The summed E-state index contributed by atoms with van der Waals surface area (Å²) < 4.78 is 3.92. The molecular formula is C17H26N6O4. The maximum absolute atomic E-state index is 12.9. The molecule has 0 radical (unpaired) electrons. The molecular weight excluding hydrogens is 352 g/mol. The minimum Gasteiger partial charge on any atom is -0.480 e. The minimum atomic E-state index is -1.15. The summed E-state index contributed by atoms with van der Waals surface area (Å²) in [5.74, 6) is -0.547. The molecule has 3 heterocycles. The lowest BCUT2D eigenvalue weighted by Gasteiger charge is -2.30. The van der Waals surface area contributed by atoms with Crippen molar-refractivity contribution >= 4 is 23.1 Å². The molecule has 27 heavy (non-hydrogen) atoms. The zero-order valence-electron chi connectivity index (χ0n) is 16.1. The number of nitrogens with one attached hydrogen (secondary N) is 1. The average Bonchev–Trinajstić information content (AvgIpc) is 3.06. The number of carboxylic acids is 1. The molecule has 1 aliphatic heterocycles. The number of nitrogens with zero attached hydrogens (tertiary/aromatic N) is 5. The van der Waals surface area contributed by atoms with Crippen molar-refractivity contribution in [2.24, 2.45) is 7.05 Å². The molecule has 1 saturated heterocycles. The predicted molar refractivity (Wildman–Crippen MR) is 102 cm³/mol. The third kappa shape index (κ3) is 3.03. The molecule has 148 valence electrons. The lowest BCUT2D eigenvalue weighted by Crippen LogP contribution is -2.44. The molecule has 3 rings (SSSR count). The van der Waals surface area contributed by atoms with E-state index >= 15 is 0 Å². The van der Waals surface area contributed by atoms with Crippen molar-refractivity contribution in [3.8, 4) is 0 Å². The van der Waals surface area contributed by atoms with E-state index in [-0.39, 0.29) is 17.2 Å². The van der Waals surface area contributed by atoms with Crippen molar-refractivity contribution < 1.29 is 9.90 Å². The number of fused-ring (bicyclic) bond motifs is 1. The highest BCUT2D eigenvalue weighted by Gasteiger charge is 2.29. The molecule has 1 aliphatic rings. The van der Waals surface area contributed by atoms with E-state index in [0.29, 0.717) is 5.95 Å². The van der Waals surface area contributed by atoms with Gasteiger partial charge in [-0.1, -0.05) is 6.92 Å². The second-order valence-corrected chi connectivity index (χ2v) is 6.98. The molecule has 2 atom stereocenters. The van der Waals surface area contributed by atoms with Crippen molar-refractivity contribution in [3.05, 3.63) is 20.8 Å². The normalized spacial score (nSPS) is 17.3. The van der Waals surface area contributed by atoms with E-state index < -0.39 is 23.3 Å². The smallest absolute Gasteiger partial charge is 0.333 e. The fourth-order valence-electron chi connectivity index (χ4n) is 3.42. The molecule has 0 amide bonds. The first kappa shape index (κ1) is 19.2. The first-order valence-corrected chi connectivity index (χ1v) is 9.21. The Morgan fingerprint density at radius 1 is 1.22 bits per heavy atom. The quantitative estimate of drug-likeness (QED) is 0.748. The maximum Gasteiger partial charge on any atom is 0.333 e. The first-order valence-electron chi connectivity index (χ1n) is 9.21. The van der Waals surface area contributed by atoms with Gasteiger partial charge >= 0.3 is 11.7 Å². The standard InChI is InChI=1S/C17H26N6O4/c1-5-10(2)22-12-13(19-16(22)21-8-6-18-7-9-21)23(11(3)15(25)26)17(27)20(4)14(12)24/h10-11,18H,5-9H2,1-4H3,(H,25,26). The fourth-order valence-corrected chi connectivity index (χ4v) is 3.42. The van der Waals surface area contributed by atoms with Gasteiger partial charge < -0.3 is 19.9 Å². The number of hydrogen-bond donors (Lipinski definition) is 2. The average molecular weight is 378 g/mol. The summed E-state index contributed by atoms with van der Waals surface area (Å²) in [4.78, 5) is 43.9. The van der Waals surface area contributed by atoms with Gasteiger partial charge in [-0.05, 0) is 20.3 Å². The van der Waals surface area contributed by atoms with E-state index in [1.54, 1.807) is 0 Å². The van der Waals surface area contributed by atoms with Crippen LogP contribution in [-0.2, 0) is 11.8 Å². The van der Waals surface area contributed by atoms with Crippen LogP contribution in [-0.4, -0.2) is 55.9 Å². The summed E-state index contributed by atoms with van der Waals surface area (Å²) >= 11 is 0. The Labute approximate surface area is 156 Å². The number of carbonyl (C=O) groups is 1. The van der Waals surface area contributed by atoms with E-state index in [4.69, 9.17) is 0 Å². The van der Waals surface area contributed by atoms with Crippen LogP contribution in [0.4, 0.5) is 5.95 Å². The monoisotopic (exact) mass is 378 g/mol. The molecule has 0 spiro atoms. The third-order valence-corrected chi connectivity index (χ3v) is 5.28. The molecule has 1 fully saturated rings. The molecule has 2 unspecified atom stereocenters. The summed E-state index contributed by atoms with van der Waals surface area (Å²) in [7, 11) is 1.37. The molecule has 2 aromatic rings. The van der Waals surface area contributed by atoms with Crippen LogP contribution in [0.5, 0.6) is 0 Å². The molecule has 10 heteroatoms. The summed E-state index contributed by atoms with van der Waals surface area (Å²) in [6.45, 7) is 8.44. The number of hydrogen-bond acceptors (Lipinski definition) is 6. The topological polar surface area (TPSA) is 114 Å². The fraction of sp³-hybridized carbons (Fsp3) is 0.647. The van der Waals surface area contributed by atoms with Gasteiger partial charge in [0.1, 0.15) is 6.04 Å². The van der Waals surface area contributed by atoms with E-state index in [0.717, 1.165) is 41.7 Å². The molecule has 0 aliphatic carbocycles. The Morgan fingerprint density at radius 2 is 1.85 bits per heavy atom. The Kier molecular flexibility index (Phi) is 5.09. The van der Waals surface area contributed by atoms with Crippen LogP contribution in [0.25, 0.3) is 11.2 Å². The van der Waals surface area contributed by atoms with Crippen LogP contribution in [0.2, 0.25) is 0 Å². The van der Waals surface area contributed by atoms with Gasteiger partial charge in [-0.25, -0.2) is 9.59 Å². The highest BCUT2D eigenvalue weighted by molar-refractivity contribution is 5.79. The van der Waals surface area contributed by atoms with Gasteiger partial charge in [-0.15, -0.1) is 0 Å². The Balaban J connectivity index is 2.42. The lowest BCUT2D eigenvalue weighted by atomic mass is 10.2. The zero-order valence-corrected chi connectivity index (χ0v) is 16.1. The summed E-state index contributed by atoms with van der Waals surface area (Å²) in [5.41, 5.74) is -0.735. The Morgan fingerprint density at radius 3 is 2.41 bits per heavy atom. The van der Waals surface area contributed by atoms with Gasteiger partial charge in [0.2, 0.25) is 5.95 Å². The SMILES string of the molecule is CCC(C)n1c(N2CCNCC2)nc2c1c(=O)n(C)c(=O)n2C(C)C(=O)O. The van der Waals surface area contributed by atoms with Crippen LogP contribution < -0.4 is 21.5 Å². The minimum absolute atomic E-state index is 0.0290. The second kappa shape index (κ2) is 7.18. The summed E-state index contributed by atoms with van der Waals surface area (Å²) in [6, 6.07) is -1.17. The van der Waals surface area contributed by atoms with E-state index in [9.17, 15) is 19.5 Å². The predicted octanol–water partition coefficient (Wildman–Crippen LogP) is -0.0771. The number of anilines is 1. The highest BCUT2D eigenvalue weighted by atomic mass is 16.4. The molecule has 0 bridgehead atoms. The van der Waals surface area contributed by atoms with Crippen LogP contribution in [0.15, 0.2) is 9.59 Å². The summed E-state index contributed by atoms with van der Waals surface area (Å²) in [5, 5.41) is 12.7. The molecule has 0 saturated carbocycles. The van der Waals surface area contributed by atoms with Crippen molar-refractivity contribution in [2.45, 2.75) is 39.3 Å². The molecule has 2 N–H and O–H groups in total. The molecule has 0 aromatic carbocycles. The van der Waals surface area contributed by atoms with Crippen LogP contribution >= 0.6 is 0 Å². The molecule has 2 aromatic heterocycles.